The zero-order valence-electron chi connectivity index (χ0n) is 21.8. The number of fused-ring (bicyclic) bond motifs is 2. The third-order valence-corrected chi connectivity index (χ3v) is 8.34. The maximum absolute atomic E-state index is 13.6. The van der Waals surface area contributed by atoms with Gasteiger partial charge in [-0.25, -0.2) is 4.98 Å². The molecule has 0 fully saturated rings. The van der Waals surface area contributed by atoms with E-state index >= 15 is 0 Å². The SMILES string of the molecule is COc1cccc2oc(-c3nc4ccccc4c(=O)n3N=Cc3cc(Br)c(OCc4ccc(Cl)c(Cl)c4)c(Br)c3)cc12. The summed E-state index contributed by atoms with van der Waals surface area (Å²) >= 11 is 19.3. The minimum atomic E-state index is -0.334. The van der Waals surface area contributed by atoms with E-state index in [0.717, 1.165) is 10.9 Å². The molecule has 0 aliphatic heterocycles. The Balaban J connectivity index is 1.37. The van der Waals surface area contributed by atoms with Crippen LogP contribution in [-0.2, 0) is 6.61 Å². The molecule has 0 atom stereocenters. The third kappa shape index (κ3) is 5.57. The summed E-state index contributed by atoms with van der Waals surface area (Å²) in [6, 6.07) is 23.4. The van der Waals surface area contributed by atoms with Crippen molar-refractivity contribution in [2.45, 2.75) is 6.61 Å². The van der Waals surface area contributed by atoms with Crippen molar-refractivity contribution < 1.29 is 13.9 Å². The minimum absolute atomic E-state index is 0.257. The molecule has 0 amide bonds. The lowest BCUT2D eigenvalue weighted by atomic mass is 10.2. The molecule has 6 rings (SSSR count). The molecule has 0 radical (unpaired) electrons. The predicted octanol–water partition coefficient (Wildman–Crippen LogP) is 9.11. The Morgan fingerprint density at radius 1 is 0.952 bits per heavy atom. The highest BCUT2D eigenvalue weighted by Gasteiger charge is 2.18. The van der Waals surface area contributed by atoms with Gasteiger partial charge in [0.05, 0.1) is 48.6 Å². The van der Waals surface area contributed by atoms with Crippen LogP contribution < -0.4 is 15.0 Å². The molecule has 0 saturated carbocycles. The number of para-hydroxylation sites is 1. The summed E-state index contributed by atoms with van der Waals surface area (Å²) in [6.07, 6.45) is 1.57. The van der Waals surface area contributed by atoms with Gasteiger partial charge in [-0.1, -0.05) is 47.5 Å². The van der Waals surface area contributed by atoms with Crippen molar-refractivity contribution in [3.05, 3.63) is 119 Å². The zero-order chi connectivity index (χ0) is 29.4. The minimum Gasteiger partial charge on any atom is -0.496 e. The van der Waals surface area contributed by atoms with E-state index in [0.29, 0.717) is 58.3 Å². The molecule has 2 heterocycles. The van der Waals surface area contributed by atoms with Gasteiger partial charge in [-0.05, 0) is 97.6 Å². The highest BCUT2D eigenvalue weighted by Crippen LogP contribution is 2.36. The summed E-state index contributed by atoms with van der Waals surface area (Å²) in [5.74, 6) is 1.88. The van der Waals surface area contributed by atoms with Crippen molar-refractivity contribution in [2.75, 3.05) is 7.11 Å². The van der Waals surface area contributed by atoms with E-state index < -0.39 is 0 Å². The molecule has 0 unspecified atom stereocenters. The molecule has 0 N–H and O–H groups in total. The molecule has 11 heteroatoms. The van der Waals surface area contributed by atoms with Crippen molar-refractivity contribution >= 4 is 83.1 Å². The van der Waals surface area contributed by atoms with Gasteiger partial charge < -0.3 is 13.9 Å². The Labute approximate surface area is 266 Å². The second-order valence-electron chi connectivity index (χ2n) is 9.15. The number of aromatic nitrogens is 2. The molecule has 7 nitrogen and oxygen atoms in total. The Morgan fingerprint density at radius 3 is 2.50 bits per heavy atom. The van der Waals surface area contributed by atoms with Gasteiger partial charge in [0.1, 0.15) is 23.7 Å². The van der Waals surface area contributed by atoms with E-state index in [1.807, 2.05) is 42.5 Å². The van der Waals surface area contributed by atoms with Crippen LogP contribution in [0.4, 0.5) is 0 Å². The number of nitrogens with zero attached hydrogens (tertiary/aromatic N) is 3. The Morgan fingerprint density at radius 2 is 1.74 bits per heavy atom. The van der Waals surface area contributed by atoms with Gasteiger partial charge in [-0.3, -0.25) is 4.79 Å². The lowest BCUT2D eigenvalue weighted by Gasteiger charge is -2.12. The molecule has 4 aromatic carbocycles. The number of furan rings is 1. The van der Waals surface area contributed by atoms with E-state index in [4.69, 9.17) is 42.1 Å². The summed E-state index contributed by atoms with van der Waals surface area (Å²) in [5.41, 5.74) is 2.37. The van der Waals surface area contributed by atoms with Gasteiger partial charge in [-0.15, -0.1) is 0 Å². The first-order chi connectivity index (χ1) is 20.3. The van der Waals surface area contributed by atoms with Crippen LogP contribution in [0.5, 0.6) is 11.5 Å². The van der Waals surface area contributed by atoms with Crippen LogP contribution in [0.2, 0.25) is 10.0 Å². The molecular formula is C31H19Br2Cl2N3O4. The summed E-state index contributed by atoms with van der Waals surface area (Å²) in [6.45, 7) is 0.283. The predicted molar refractivity (Wildman–Crippen MR) is 173 cm³/mol. The first-order valence-corrected chi connectivity index (χ1v) is 14.9. The van der Waals surface area contributed by atoms with Crippen LogP contribution in [-0.4, -0.2) is 23.0 Å². The molecule has 0 aliphatic rings. The Kier molecular flexibility index (Phi) is 8.09. The fourth-order valence-corrected chi connectivity index (χ4v) is 6.19. The average Bonchev–Trinajstić information content (AvgIpc) is 3.42. The number of hydrogen-bond donors (Lipinski definition) is 0. The Bertz CT molecular complexity index is 2050. The molecule has 42 heavy (non-hydrogen) atoms. The first kappa shape index (κ1) is 28.5. The standard InChI is InChI=1S/C31H19Br2Cl2N3O4/c1-40-26-7-4-8-27-20(26)14-28(42-27)30-37-25-6-3-2-5-19(25)31(39)38(30)36-15-18-11-21(32)29(22(33)12-18)41-16-17-9-10-23(34)24(35)13-17/h2-15H,16H2,1H3. The number of hydrogen-bond acceptors (Lipinski definition) is 6. The van der Waals surface area contributed by atoms with E-state index in [2.05, 4.69) is 37.0 Å². The van der Waals surface area contributed by atoms with Crippen LogP contribution in [0.1, 0.15) is 11.1 Å². The average molecular weight is 728 g/mol. The molecule has 210 valence electrons. The lowest BCUT2D eigenvalue weighted by Crippen LogP contribution is -2.20. The van der Waals surface area contributed by atoms with E-state index in [9.17, 15) is 4.79 Å². The monoisotopic (exact) mass is 725 g/mol. The molecule has 0 bridgehead atoms. The van der Waals surface area contributed by atoms with Crippen molar-refractivity contribution in [3.63, 3.8) is 0 Å². The van der Waals surface area contributed by atoms with Gasteiger partial charge in [-0.2, -0.15) is 9.78 Å². The van der Waals surface area contributed by atoms with Crippen molar-refractivity contribution in [1.29, 1.82) is 0 Å². The second kappa shape index (κ2) is 11.9. The van der Waals surface area contributed by atoms with Crippen molar-refractivity contribution in [2.24, 2.45) is 5.10 Å². The van der Waals surface area contributed by atoms with E-state index in [1.54, 1.807) is 49.7 Å². The van der Waals surface area contributed by atoms with Crippen molar-refractivity contribution in [1.82, 2.24) is 9.66 Å². The summed E-state index contributed by atoms with van der Waals surface area (Å²) in [4.78, 5) is 18.4. The maximum Gasteiger partial charge on any atom is 0.282 e. The van der Waals surface area contributed by atoms with Crippen LogP contribution in [0, 0.1) is 0 Å². The number of rotatable bonds is 7. The first-order valence-electron chi connectivity index (χ1n) is 12.5. The van der Waals surface area contributed by atoms with Crippen LogP contribution in [0.25, 0.3) is 33.5 Å². The zero-order valence-corrected chi connectivity index (χ0v) is 26.5. The largest absolute Gasteiger partial charge is 0.496 e. The smallest absolute Gasteiger partial charge is 0.282 e. The molecule has 0 aliphatic carbocycles. The highest BCUT2D eigenvalue weighted by atomic mass is 79.9. The fraction of sp³-hybridized carbons (Fsp3) is 0.0645. The highest BCUT2D eigenvalue weighted by molar-refractivity contribution is 9.11. The van der Waals surface area contributed by atoms with Crippen molar-refractivity contribution in [3.8, 4) is 23.1 Å². The molecule has 0 saturated heterocycles. The van der Waals surface area contributed by atoms with Gasteiger partial charge in [0.25, 0.3) is 5.56 Å². The number of halogens is 4. The lowest BCUT2D eigenvalue weighted by molar-refractivity contribution is 0.302. The molecular weight excluding hydrogens is 709 g/mol. The quantitative estimate of drug-likeness (QED) is 0.153. The van der Waals surface area contributed by atoms with Crippen LogP contribution in [0.3, 0.4) is 0 Å². The number of benzene rings is 4. The number of methoxy groups -OCH3 is 1. The van der Waals surface area contributed by atoms with E-state index in [-0.39, 0.29) is 18.0 Å². The van der Waals surface area contributed by atoms with Gasteiger partial charge in [0.2, 0.25) is 5.82 Å². The molecule has 6 aromatic rings. The summed E-state index contributed by atoms with van der Waals surface area (Å²) < 4.78 is 20.2. The normalized spacial score (nSPS) is 11.5. The topological polar surface area (TPSA) is 78.9 Å². The fourth-order valence-electron chi connectivity index (χ4n) is 4.41. The molecule has 2 aromatic heterocycles. The number of ether oxygens (including phenoxy) is 2. The Hall–Kier alpha value is -3.63. The van der Waals surface area contributed by atoms with Gasteiger partial charge >= 0.3 is 0 Å². The van der Waals surface area contributed by atoms with E-state index in [1.165, 1.54) is 4.68 Å². The summed E-state index contributed by atoms with van der Waals surface area (Å²) in [5, 5.41) is 6.69. The summed E-state index contributed by atoms with van der Waals surface area (Å²) in [7, 11) is 1.59. The van der Waals surface area contributed by atoms with Gasteiger partial charge in [0.15, 0.2) is 5.76 Å². The third-order valence-electron chi connectivity index (χ3n) is 6.43. The maximum atomic E-state index is 13.6. The van der Waals surface area contributed by atoms with Crippen LogP contribution >= 0.6 is 55.1 Å². The molecule has 0 spiro atoms. The van der Waals surface area contributed by atoms with Crippen LogP contribution in [0.15, 0.2) is 102 Å². The second-order valence-corrected chi connectivity index (χ2v) is 11.7. The van der Waals surface area contributed by atoms with Gasteiger partial charge in [0, 0.05) is 0 Å².